The highest BCUT2D eigenvalue weighted by atomic mass is 32.2. The number of aromatic nitrogens is 1. The van der Waals surface area contributed by atoms with Crippen LogP contribution < -0.4 is 19.5 Å². The average molecular weight is 617 g/mol. The summed E-state index contributed by atoms with van der Waals surface area (Å²) in [6, 6.07) is 17.3. The lowest BCUT2D eigenvalue weighted by Crippen LogP contribution is -2.42. The van der Waals surface area contributed by atoms with E-state index in [1.54, 1.807) is 48.8 Å². The zero-order valence-electron chi connectivity index (χ0n) is 24.4. The summed E-state index contributed by atoms with van der Waals surface area (Å²) >= 11 is 0. The largest absolute Gasteiger partial charge is 0.490 e. The number of ether oxygens (including phenoxy) is 2. The topological polar surface area (TPSA) is 144 Å². The maximum absolute atomic E-state index is 13.7. The predicted molar refractivity (Wildman–Crippen MR) is 165 cm³/mol. The van der Waals surface area contributed by atoms with Gasteiger partial charge in [-0.1, -0.05) is 24.3 Å². The Morgan fingerprint density at radius 3 is 2.34 bits per heavy atom. The Morgan fingerprint density at radius 2 is 1.66 bits per heavy atom. The first-order valence-corrected chi connectivity index (χ1v) is 15.7. The van der Waals surface area contributed by atoms with Crippen molar-refractivity contribution >= 4 is 44.2 Å². The highest BCUT2D eigenvalue weighted by Gasteiger charge is 2.36. The molecule has 0 saturated heterocycles. The number of sulfonamides is 1. The highest BCUT2D eigenvalue weighted by molar-refractivity contribution is 7.90. The van der Waals surface area contributed by atoms with Crippen molar-refractivity contribution in [1.29, 1.82) is 0 Å². The summed E-state index contributed by atoms with van der Waals surface area (Å²) in [5.74, 6) is -1.80. The van der Waals surface area contributed by atoms with Crippen LogP contribution in [0.1, 0.15) is 53.1 Å². The van der Waals surface area contributed by atoms with Gasteiger partial charge in [0.15, 0.2) is 11.5 Å². The molecule has 4 aromatic rings. The van der Waals surface area contributed by atoms with Crippen molar-refractivity contribution in [3.8, 4) is 11.5 Å². The Hall–Kier alpha value is -4.97. The molecule has 0 aliphatic carbocycles. The molecule has 0 radical (unpaired) electrons. The molecule has 2 heterocycles. The number of pyridine rings is 1. The van der Waals surface area contributed by atoms with Crippen molar-refractivity contribution in [2.45, 2.75) is 32.9 Å². The van der Waals surface area contributed by atoms with Crippen molar-refractivity contribution in [3.63, 3.8) is 0 Å². The molecule has 44 heavy (non-hydrogen) atoms. The van der Waals surface area contributed by atoms with Crippen LogP contribution in [0.5, 0.6) is 11.5 Å². The Bertz CT molecular complexity index is 1810. The van der Waals surface area contributed by atoms with E-state index in [9.17, 15) is 22.8 Å². The third-order valence-electron chi connectivity index (χ3n) is 6.90. The number of fused-ring (bicyclic) bond motifs is 2. The molecule has 11 nitrogen and oxygen atoms in total. The van der Waals surface area contributed by atoms with Gasteiger partial charge in [0, 0.05) is 30.0 Å². The highest BCUT2D eigenvalue weighted by Crippen LogP contribution is 2.33. The van der Waals surface area contributed by atoms with E-state index in [1.165, 1.54) is 12.1 Å². The molecular weight excluding hydrogens is 584 g/mol. The number of nitrogens with one attached hydrogen (secondary N) is 2. The van der Waals surface area contributed by atoms with Gasteiger partial charge in [-0.3, -0.25) is 29.0 Å². The predicted octanol–water partition coefficient (Wildman–Crippen LogP) is 4.32. The molecule has 1 atom stereocenters. The first-order valence-electron chi connectivity index (χ1n) is 14.1. The van der Waals surface area contributed by atoms with Crippen LogP contribution in [0.4, 0.5) is 5.69 Å². The van der Waals surface area contributed by atoms with E-state index in [0.29, 0.717) is 29.4 Å². The van der Waals surface area contributed by atoms with Gasteiger partial charge in [-0.25, -0.2) is 8.42 Å². The van der Waals surface area contributed by atoms with E-state index in [0.717, 1.165) is 15.7 Å². The molecule has 5 rings (SSSR count). The van der Waals surface area contributed by atoms with Gasteiger partial charge in [0.2, 0.25) is 10.0 Å². The molecular formula is C32H32N4O7S. The lowest BCUT2D eigenvalue weighted by Gasteiger charge is -2.22. The number of imide groups is 1. The van der Waals surface area contributed by atoms with Gasteiger partial charge >= 0.3 is 0 Å². The van der Waals surface area contributed by atoms with Crippen molar-refractivity contribution in [1.82, 2.24) is 14.6 Å². The van der Waals surface area contributed by atoms with E-state index in [2.05, 4.69) is 15.0 Å². The van der Waals surface area contributed by atoms with E-state index in [1.807, 2.05) is 39.0 Å². The van der Waals surface area contributed by atoms with Gasteiger partial charge in [0.1, 0.15) is 6.04 Å². The van der Waals surface area contributed by atoms with Gasteiger partial charge < -0.3 is 14.8 Å². The fourth-order valence-electron chi connectivity index (χ4n) is 4.88. The van der Waals surface area contributed by atoms with Crippen LogP contribution in [-0.2, 0) is 14.8 Å². The van der Waals surface area contributed by atoms with Gasteiger partial charge in [-0.15, -0.1) is 0 Å². The summed E-state index contributed by atoms with van der Waals surface area (Å²) in [4.78, 5) is 44.1. The number of hydrogen-bond acceptors (Lipinski definition) is 9. The Kier molecular flexibility index (Phi) is 8.81. The van der Waals surface area contributed by atoms with Crippen LogP contribution in [0.15, 0.2) is 79.1 Å². The molecule has 1 aromatic heterocycles. The summed E-state index contributed by atoms with van der Waals surface area (Å²) in [5.41, 5.74) is 1.41. The fourth-order valence-corrected chi connectivity index (χ4v) is 5.83. The fraction of sp³-hybridized carbons (Fsp3) is 0.250. The average Bonchev–Trinajstić information content (AvgIpc) is 3.24. The second-order valence-electron chi connectivity index (χ2n) is 10.4. The quantitative estimate of drug-likeness (QED) is 0.223. The number of benzene rings is 3. The molecule has 0 fully saturated rings. The molecule has 1 aliphatic heterocycles. The molecule has 1 aliphatic rings. The number of hydrogen-bond donors (Lipinski definition) is 2. The first kappa shape index (κ1) is 30.5. The molecule has 3 aromatic carbocycles. The molecule has 228 valence electrons. The second kappa shape index (κ2) is 12.7. The normalized spacial score (nSPS) is 13.6. The van der Waals surface area contributed by atoms with Gasteiger partial charge in [0.05, 0.1) is 29.6 Å². The standard InChI is InChI=1S/C32H32N4O7S/c1-4-42-28-18-22(10-12-27(28)43-20(2)3)29(34-24-11-9-23-19-33-14-13-21(23)17-24)30(37)35-44(40,41)16-15-36-31(38)25-7-5-6-8-26(25)32(36)39/h5-14,17-20,29,34H,4,15-16H2,1-3H3,(H,35,37). The summed E-state index contributed by atoms with van der Waals surface area (Å²) in [7, 11) is -4.28. The SMILES string of the molecule is CCOc1cc(C(Nc2ccc3cnccc3c2)C(=O)NS(=O)(=O)CCN2C(=O)c3ccccc3C2=O)ccc1OC(C)C. The monoisotopic (exact) mass is 616 g/mol. The minimum absolute atomic E-state index is 0.128. The lowest BCUT2D eigenvalue weighted by atomic mass is 10.0. The minimum atomic E-state index is -4.28. The van der Waals surface area contributed by atoms with Crippen LogP contribution >= 0.6 is 0 Å². The molecule has 3 amide bonds. The van der Waals surface area contributed by atoms with Crippen molar-refractivity contribution in [2.75, 3.05) is 24.2 Å². The Labute approximate surface area is 255 Å². The van der Waals surface area contributed by atoms with Crippen LogP contribution in [0.25, 0.3) is 10.8 Å². The molecule has 2 N–H and O–H groups in total. The van der Waals surface area contributed by atoms with Crippen molar-refractivity contribution in [2.24, 2.45) is 0 Å². The molecule has 12 heteroatoms. The van der Waals surface area contributed by atoms with Crippen LogP contribution in [0, 0.1) is 0 Å². The molecule has 0 spiro atoms. The number of carbonyl (C=O) groups excluding carboxylic acids is 3. The Balaban J connectivity index is 1.40. The zero-order chi connectivity index (χ0) is 31.4. The third kappa shape index (κ3) is 6.65. The third-order valence-corrected chi connectivity index (χ3v) is 8.13. The van der Waals surface area contributed by atoms with Crippen molar-refractivity contribution < 1.29 is 32.3 Å². The zero-order valence-corrected chi connectivity index (χ0v) is 25.3. The van der Waals surface area contributed by atoms with Gasteiger partial charge in [-0.2, -0.15) is 0 Å². The number of nitrogens with zero attached hydrogens (tertiary/aromatic N) is 2. The van der Waals surface area contributed by atoms with Gasteiger partial charge in [0.25, 0.3) is 17.7 Å². The summed E-state index contributed by atoms with van der Waals surface area (Å²) < 4.78 is 40.0. The minimum Gasteiger partial charge on any atom is -0.490 e. The van der Waals surface area contributed by atoms with Crippen LogP contribution in [0.3, 0.4) is 0 Å². The second-order valence-corrected chi connectivity index (χ2v) is 12.3. The number of amides is 3. The first-order chi connectivity index (χ1) is 21.1. The van der Waals surface area contributed by atoms with Crippen molar-refractivity contribution in [3.05, 3.63) is 95.8 Å². The van der Waals surface area contributed by atoms with Gasteiger partial charge in [-0.05, 0) is 74.2 Å². The molecule has 1 unspecified atom stereocenters. The Morgan fingerprint density at radius 1 is 0.932 bits per heavy atom. The van der Waals surface area contributed by atoms with Crippen LogP contribution in [0.2, 0.25) is 0 Å². The molecule has 0 saturated carbocycles. The number of rotatable bonds is 12. The summed E-state index contributed by atoms with van der Waals surface area (Å²) in [5, 5.41) is 4.91. The smallest absolute Gasteiger partial charge is 0.261 e. The maximum atomic E-state index is 13.7. The van der Waals surface area contributed by atoms with E-state index < -0.39 is 46.1 Å². The lowest BCUT2D eigenvalue weighted by molar-refractivity contribution is -0.120. The summed E-state index contributed by atoms with van der Waals surface area (Å²) in [6.07, 6.45) is 3.24. The number of anilines is 1. The number of carbonyl (C=O) groups is 3. The maximum Gasteiger partial charge on any atom is 0.261 e. The van der Waals surface area contributed by atoms with E-state index in [4.69, 9.17) is 9.47 Å². The summed E-state index contributed by atoms with van der Waals surface area (Å²) in [6.45, 7) is 5.50. The van der Waals surface area contributed by atoms with E-state index in [-0.39, 0.29) is 17.2 Å². The molecule has 0 bridgehead atoms. The van der Waals surface area contributed by atoms with E-state index >= 15 is 0 Å². The van der Waals surface area contributed by atoms with Crippen LogP contribution in [-0.4, -0.2) is 61.0 Å².